The first kappa shape index (κ1) is 30.0. The molecule has 3 aromatic rings. The Morgan fingerprint density at radius 3 is 2.43 bits per heavy atom. The molecule has 0 radical (unpaired) electrons. The molecule has 44 heavy (non-hydrogen) atoms. The summed E-state index contributed by atoms with van der Waals surface area (Å²) in [6.07, 6.45) is 11.9. The Hall–Kier alpha value is -4.03. The molecule has 0 atom stereocenters. The number of hydrogen-bond acceptors (Lipinski definition) is 11. The molecule has 2 aliphatic heterocycles. The van der Waals surface area contributed by atoms with Gasteiger partial charge in [0.05, 0.1) is 36.3 Å². The fraction of sp³-hybridized carbons (Fsp3) is 0.531. The number of nitrogens with one attached hydrogen (secondary N) is 2. The van der Waals surface area contributed by atoms with Crippen molar-refractivity contribution in [3.8, 4) is 11.5 Å². The van der Waals surface area contributed by atoms with Crippen molar-refractivity contribution in [2.45, 2.75) is 82.8 Å². The standard InChI is InChI=1S/C32H45N9O3/c1-20(2)38-31-30(34)28(17-27(33)26-5-3-4-6-29(26)42)41(39-31)21-9-13-40(14-10-21)32-36-18-25(19-37-32)44-24-15-23(16-24)43-22-7-11-35-12-8-22/h3-6,17-24,35,42H,7-16,33-34H2,1-2H3,(H,38,39)/b27-17-/t23-,24-. The zero-order valence-corrected chi connectivity index (χ0v) is 25.7. The predicted octanol–water partition coefficient (Wildman–Crippen LogP) is 3.76. The summed E-state index contributed by atoms with van der Waals surface area (Å²) in [5, 5.41) is 21.9. The lowest BCUT2D eigenvalue weighted by Gasteiger charge is -2.38. The number of nitrogens with zero attached hydrogens (tertiary/aromatic N) is 5. The third kappa shape index (κ3) is 6.86. The second-order valence-corrected chi connectivity index (χ2v) is 12.4. The maximum Gasteiger partial charge on any atom is 0.225 e. The number of aromatic hydroxyl groups is 1. The summed E-state index contributed by atoms with van der Waals surface area (Å²) in [5.74, 6) is 2.15. The van der Waals surface area contributed by atoms with Crippen molar-refractivity contribution in [2.24, 2.45) is 5.73 Å². The molecule has 7 N–H and O–H groups in total. The summed E-state index contributed by atoms with van der Waals surface area (Å²) in [5.41, 5.74) is 15.3. The number of anilines is 3. The second kappa shape index (κ2) is 13.3. The average molecular weight is 604 g/mol. The Labute approximate surface area is 258 Å². The molecular formula is C32H45N9O3. The number of nitrogen functional groups attached to an aromatic ring is 1. The van der Waals surface area contributed by atoms with Gasteiger partial charge in [-0.15, -0.1) is 0 Å². The van der Waals surface area contributed by atoms with Crippen LogP contribution in [0.1, 0.15) is 69.7 Å². The first-order valence-electron chi connectivity index (χ1n) is 15.8. The molecule has 3 aliphatic rings. The Balaban J connectivity index is 1.07. The van der Waals surface area contributed by atoms with Gasteiger partial charge in [0, 0.05) is 43.2 Å². The molecule has 0 unspecified atom stereocenters. The topological polar surface area (TPSA) is 162 Å². The Kier molecular flexibility index (Phi) is 9.08. The van der Waals surface area contributed by atoms with E-state index < -0.39 is 0 Å². The van der Waals surface area contributed by atoms with Crippen LogP contribution in [0.4, 0.5) is 17.5 Å². The number of aromatic nitrogens is 4. The number of phenols is 1. The number of para-hydroxylation sites is 1. The van der Waals surface area contributed by atoms with Crippen LogP contribution >= 0.6 is 0 Å². The molecule has 1 saturated carbocycles. The Morgan fingerprint density at radius 2 is 1.75 bits per heavy atom. The van der Waals surface area contributed by atoms with Crippen LogP contribution in [0.15, 0.2) is 36.7 Å². The minimum atomic E-state index is 0.112. The third-order valence-corrected chi connectivity index (χ3v) is 8.65. The van der Waals surface area contributed by atoms with Crippen molar-refractivity contribution in [3.63, 3.8) is 0 Å². The van der Waals surface area contributed by atoms with Crippen LogP contribution in [-0.2, 0) is 4.74 Å². The van der Waals surface area contributed by atoms with Gasteiger partial charge in [-0.3, -0.25) is 4.68 Å². The molecule has 1 aromatic carbocycles. The molecule has 0 bridgehead atoms. The summed E-state index contributed by atoms with van der Waals surface area (Å²) in [4.78, 5) is 11.4. The van der Waals surface area contributed by atoms with E-state index in [0.29, 0.717) is 46.7 Å². The maximum absolute atomic E-state index is 10.3. The molecule has 2 aromatic heterocycles. The molecule has 2 saturated heterocycles. The van der Waals surface area contributed by atoms with Crippen LogP contribution in [0, 0.1) is 0 Å². The lowest BCUT2D eigenvalue weighted by molar-refractivity contribution is -0.103. The van der Waals surface area contributed by atoms with Gasteiger partial charge in [0.2, 0.25) is 5.95 Å². The van der Waals surface area contributed by atoms with E-state index in [1.807, 2.05) is 24.6 Å². The molecule has 12 heteroatoms. The lowest BCUT2D eigenvalue weighted by atomic mass is 9.91. The maximum atomic E-state index is 10.3. The van der Waals surface area contributed by atoms with E-state index in [1.54, 1.807) is 36.7 Å². The monoisotopic (exact) mass is 603 g/mol. The van der Waals surface area contributed by atoms with Crippen LogP contribution in [-0.4, -0.2) is 75.4 Å². The fourth-order valence-electron chi connectivity index (χ4n) is 6.17. The van der Waals surface area contributed by atoms with Crippen molar-refractivity contribution in [3.05, 3.63) is 47.9 Å². The summed E-state index contributed by atoms with van der Waals surface area (Å²) in [6.45, 7) is 7.73. The summed E-state index contributed by atoms with van der Waals surface area (Å²) in [7, 11) is 0. The highest BCUT2D eigenvalue weighted by atomic mass is 16.5. The minimum absolute atomic E-state index is 0.112. The molecule has 1 aliphatic carbocycles. The molecule has 6 rings (SSSR count). The largest absolute Gasteiger partial charge is 0.507 e. The number of hydrogen-bond donors (Lipinski definition) is 5. The number of nitrogens with two attached hydrogens (primary N) is 2. The van der Waals surface area contributed by atoms with Crippen molar-refractivity contribution in [2.75, 3.05) is 42.1 Å². The summed E-state index contributed by atoms with van der Waals surface area (Å²) < 4.78 is 14.3. The number of ether oxygens (including phenoxy) is 2. The molecule has 12 nitrogen and oxygen atoms in total. The van der Waals surface area contributed by atoms with Gasteiger partial charge < -0.3 is 41.6 Å². The van der Waals surface area contributed by atoms with Gasteiger partial charge in [0.15, 0.2) is 11.6 Å². The number of rotatable bonds is 10. The summed E-state index contributed by atoms with van der Waals surface area (Å²) >= 11 is 0. The van der Waals surface area contributed by atoms with E-state index in [-0.39, 0.29) is 23.9 Å². The highest BCUT2D eigenvalue weighted by Crippen LogP contribution is 2.35. The van der Waals surface area contributed by atoms with Crippen molar-refractivity contribution in [1.82, 2.24) is 25.1 Å². The number of piperidine rings is 2. The average Bonchev–Trinajstić information content (AvgIpc) is 3.30. The summed E-state index contributed by atoms with van der Waals surface area (Å²) in [6, 6.07) is 7.29. The van der Waals surface area contributed by atoms with Gasteiger partial charge in [0.25, 0.3) is 0 Å². The normalized spacial score (nSPS) is 21.8. The quantitative estimate of drug-likeness (QED) is 0.229. The molecule has 0 amide bonds. The van der Waals surface area contributed by atoms with E-state index in [0.717, 1.165) is 70.4 Å². The molecule has 236 valence electrons. The third-order valence-electron chi connectivity index (χ3n) is 8.65. The first-order valence-corrected chi connectivity index (χ1v) is 15.8. The van der Waals surface area contributed by atoms with Gasteiger partial charge in [-0.25, -0.2) is 9.97 Å². The Bertz CT molecular complexity index is 1420. The lowest BCUT2D eigenvalue weighted by Crippen LogP contribution is -2.43. The number of phenolic OH excluding ortho intramolecular Hbond substituents is 1. The highest BCUT2D eigenvalue weighted by molar-refractivity contribution is 5.86. The molecule has 3 fully saturated rings. The predicted molar refractivity (Wildman–Crippen MR) is 172 cm³/mol. The van der Waals surface area contributed by atoms with Crippen LogP contribution in [0.5, 0.6) is 11.5 Å². The van der Waals surface area contributed by atoms with Gasteiger partial charge in [-0.1, -0.05) is 12.1 Å². The minimum Gasteiger partial charge on any atom is -0.507 e. The van der Waals surface area contributed by atoms with Crippen LogP contribution in [0.2, 0.25) is 0 Å². The van der Waals surface area contributed by atoms with Crippen LogP contribution in [0.25, 0.3) is 11.8 Å². The van der Waals surface area contributed by atoms with Crippen molar-refractivity contribution >= 4 is 29.2 Å². The fourth-order valence-corrected chi connectivity index (χ4v) is 6.17. The molecular weight excluding hydrogens is 558 g/mol. The van der Waals surface area contributed by atoms with Crippen LogP contribution in [0.3, 0.4) is 0 Å². The first-order chi connectivity index (χ1) is 21.3. The van der Waals surface area contributed by atoms with Crippen molar-refractivity contribution in [1.29, 1.82) is 0 Å². The Morgan fingerprint density at radius 1 is 1.05 bits per heavy atom. The molecule has 0 spiro atoms. The van der Waals surface area contributed by atoms with E-state index in [2.05, 4.69) is 25.5 Å². The number of benzene rings is 1. The molecule has 4 heterocycles. The van der Waals surface area contributed by atoms with E-state index in [9.17, 15) is 5.11 Å². The smallest absolute Gasteiger partial charge is 0.225 e. The highest BCUT2D eigenvalue weighted by Gasteiger charge is 2.34. The van der Waals surface area contributed by atoms with E-state index in [1.165, 1.54) is 0 Å². The SMILES string of the molecule is CC(C)Nc1nn(C2CCN(c3ncc(O[C@H]4C[C@H](OC5CCNCC5)C4)cn3)CC2)c(/C=C(\N)c2ccccc2O)c1N. The van der Waals surface area contributed by atoms with E-state index >= 15 is 0 Å². The van der Waals surface area contributed by atoms with E-state index in [4.69, 9.17) is 26.0 Å². The van der Waals surface area contributed by atoms with Gasteiger partial charge in [-0.2, -0.15) is 5.10 Å². The van der Waals surface area contributed by atoms with Crippen molar-refractivity contribution < 1.29 is 14.6 Å². The van der Waals surface area contributed by atoms with Gasteiger partial charge in [-0.05, 0) is 70.8 Å². The zero-order valence-electron chi connectivity index (χ0n) is 25.7. The van der Waals surface area contributed by atoms with Crippen LogP contribution < -0.4 is 31.7 Å². The second-order valence-electron chi connectivity index (χ2n) is 12.4. The van der Waals surface area contributed by atoms with Gasteiger partial charge in [0.1, 0.15) is 17.5 Å². The zero-order chi connectivity index (χ0) is 30.6. The van der Waals surface area contributed by atoms with Gasteiger partial charge >= 0.3 is 0 Å².